The van der Waals surface area contributed by atoms with Gasteiger partial charge in [-0.1, -0.05) is 24.3 Å². The molecule has 4 nitrogen and oxygen atoms in total. The van der Waals surface area contributed by atoms with Gasteiger partial charge in [0.1, 0.15) is 5.60 Å². The number of rotatable bonds is 1. The molecular formula is C15H19NO3. The van der Waals surface area contributed by atoms with Crippen LogP contribution in [0.25, 0.3) is 0 Å². The van der Waals surface area contributed by atoms with E-state index in [1.807, 2.05) is 39.0 Å². The Morgan fingerprint density at radius 3 is 2.68 bits per heavy atom. The largest absolute Gasteiger partial charge is 0.444 e. The van der Waals surface area contributed by atoms with Crippen LogP contribution in [0.5, 0.6) is 0 Å². The van der Waals surface area contributed by atoms with E-state index in [1.54, 1.807) is 6.07 Å². The zero-order valence-corrected chi connectivity index (χ0v) is 11.5. The molecule has 1 N–H and O–H groups in total. The molecule has 0 aromatic heterocycles. The van der Waals surface area contributed by atoms with Crippen LogP contribution >= 0.6 is 0 Å². The highest BCUT2D eigenvalue weighted by molar-refractivity contribution is 5.98. The Labute approximate surface area is 113 Å². The molecule has 1 aromatic carbocycles. The third kappa shape index (κ3) is 3.34. The highest BCUT2D eigenvalue weighted by Crippen LogP contribution is 2.29. The lowest BCUT2D eigenvalue weighted by Gasteiger charge is -2.27. The van der Waals surface area contributed by atoms with E-state index in [1.165, 1.54) is 0 Å². The molecule has 1 aromatic rings. The van der Waals surface area contributed by atoms with Crippen molar-refractivity contribution in [3.05, 3.63) is 35.4 Å². The van der Waals surface area contributed by atoms with Gasteiger partial charge in [0.2, 0.25) is 0 Å². The maximum absolute atomic E-state index is 11.8. The number of nitrogens with one attached hydrogen (secondary N) is 1. The number of alkyl carbamates (subject to hydrolysis) is 1. The molecule has 0 spiro atoms. The summed E-state index contributed by atoms with van der Waals surface area (Å²) in [4.78, 5) is 23.6. The van der Waals surface area contributed by atoms with Gasteiger partial charge in [-0.05, 0) is 32.8 Å². The molecule has 0 unspecified atom stereocenters. The first kappa shape index (κ1) is 13.6. The normalized spacial score (nSPS) is 18.7. The summed E-state index contributed by atoms with van der Waals surface area (Å²) in [5.41, 5.74) is 1.06. The van der Waals surface area contributed by atoms with Crippen LogP contribution in [0, 0.1) is 0 Å². The Hall–Kier alpha value is -1.84. The Bertz CT molecular complexity index is 502. The minimum absolute atomic E-state index is 0.137. The highest BCUT2D eigenvalue weighted by atomic mass is 16.6. The smallest absolute Gasteiger partial charge is 0.408 e. The predicted molar refractivity (Wildman–Crippen MR) is 72.1 cm³/mol. The first-order chi connectivity index (χ1) is 8.87. The summed E-state index contributed by atoms with van der Waals surface area (Å²) in [5.74, 6) is 0.137. The van der Waals surface area contributed by atoms with E-state index in [4.69, 9.17) is 4.74 Å². The molecule has 0 saturated carbocycles. The minimum atomic E-state index is -0.520. The Kier molecular flexibility index (Phi) is 3.60. The van der Waals surface area contributed by atoms with E-state index in [2.05, 4.69) is 5.32 Å². The molecule has 2 rings (SSSR count). The predicted octanol–water partition coefficient (Wildman–Crippen LogP) is 3.23. The number of ether oxygens (including phenoxy) is 1. The van der Waals surface area contributed by atoms with E-state index in [0.29, 0.717) is 18.4 Å². The van der Waals surface area contributed by atoms with Crippen molar-refractivity contribution in [3.63, 3.8) is 0 Å². The van der Waals surface area contributed by atoms with E-state index in [0.717, 1.165) is 5.56 Å². The number of hydrogen-bond acceptors (Lipinski definition) is 3. The van der Waals surface area contributed by atoms with Crippen molar-refractivity contribution < 1.29 is 14.3 Å². The molecule has 0 aliphatic heterocycles. The number of amides is 1. The van der Waals surface area contributed by atoms with Gasteiger partial charge < -0.3 is 10.1 Å². The summed E-state index contributed by atoms with van der Waals surface area (Å²) in [6.07, 6.45) is 0.633. The fourth-order valence-electron chi connectivity index (χ4n) is 2.22. The quantitative estimate of drug-likeness (QED) is 0.844. The number of hydrogen-bond donors (Lipinski definition) is 1. The molecule has 0 bridgehead atoms. The molecule has 1 atom stereocenters. The fourth-order valence-corrected chi connectivity index (χ4v) is 2.22. The maximum atomic E-state index is 11.8. The first-order valence-corrected chi connectivity index (χ1v) is 6.48. The molecule has 19 heavy (non-hydrogen) atoms. The molecular weight excluding hydrogens is 242 g/mol. The molecule has 0 saturated heterocycles. The topological polar surface area (TPSA) is 55.4 Å². The van der Waals surface area contributed by atoms with Gasteiger partial charge in [0, 0.05) is 12.0 Å². The lowest BCUT2D eigenvalue weighted by atomic mass is 9.87. The highest BCUT2D eigenvalue weighted by Gasteiger charge is 2.27. The van der Waals surface area contributed by atoms with Crippen LogP contribution in [-0.2, 0) is 4.74 Å². The molecule has 0 fully saturated rings. The summed E-state index contributed by atoms with van der Waals surface area (Å²) in [6.45, 7) is 5.47. The second-order valence-electron chi connectivity index (χ2n) is 5.75. The fraction of sp³-hybridized carbons (Fsp3) is 0.467. The number of carbonyl (C=O) groups is 2. The summed E-state index contributed by atoms with van der Waals surface area (Å²) >= 11 is 0. The summed E-state index contributed by atoms with van der Waals surface area (Å²) in [6, 6.07) is 7.26. The summed E-state index contributed by atoms with van der Waals surface area (Å²) < 4.78 is 5.25. The zero-order chi connectivity index (χ0) is 14.0. The van der Waals surface area contributed by atoms with Gasteiger partial charge in [-0.2, -0.15) is 0 Å². The Morgan fingerprint density at radius 1 is 1.32 bits per heavy atom. The Morgan fingerprint density at radius 2 is 2.00 bits per heavy atom. The van der Waals surface area contributed by atoms with E-state index < -0.39 is 11.7 Å². The Balaban J connectivity index is 2.13. The van der Waals surface area contributed by atoms with E-state index >= 15 is 0 Å². The van der Waals surface area contributed by atoms with Crippen molar-refractivity contribution in [2.45, 2.75) is 45.3 Å². The van der Waals surface area contributed by atoms with Crippen LogP contribution in [-0.4, -0.2) is 17.5 Å². The van der Waals surface area contributed by atoms with Gasteiger partial charge >= 0.3 is 6.09 Å². The van der Waals surface area contributed by atoms with Gasteiger partial charge in [-0.15, -0.1) is 0 Å². The van der Waals surface area contributed by atoms with E-state index in [9.17, 15) is 9.59 Å². The van der Waals surface area contributed by atoms with Gasteiger partial charge in [0.25, 0.3) is 0 Å². The number of Topliss-reactive ketones (excluding diaryl/α,β-unsaturated/α-hetero) is 1. The van der Waals surface area contributed by atoms with Crippen molar-refractivity contribution in [1.82, 2.24) is 5.32 Å². The summed E-state index contributed by atoms with van der Waals surface area (Å²) in [7, 11) is 0. The average Bonchev–Trinajstić information content (AvgIpc) is 2.31. The number of benzene rings is 1. The first-order valence-electron chi connectivity index (χ1n) is 6.48. The van der Waals surface area contributed by atoms with Gasteiger partial charge in [-0.3, -0.25) is 4.79 Å². The van der Waals surface area contributed by atoms with Crippen molar-refractivity contribution in [1.29, 1.82) is 0 Å². The lowest BCUT2D eigenvalue weighted by molar-refractivity contribution is 0.0495. The molecule has 102 valence electrons. The van der Waals surface area contributed by atoms with Crippen LogP contribution in [0.4, 0.5) is 4.79 Å². The number of fused-ring (bicyclic) bond motifs is 1. The minimum Gasteiger partial charge on any atom is -0.444 e. The monoisotopic (exact) mass is 261 g/mol. The molecule has 0 heterocycles. The van der Waals surface area contributed by atoms with Crippen LogP contribution in [0.15, 0.2) is 24.3 Å². The van der Waals surface area contributed by atoms with Crippen LogP contribution in [0.1, 0.15) is 55.6 Å². The zero-order valence-electron chi connectivity index (χ0n) is 11.5. The lowest BCUT2D eigenvalue weighted by Crippen LogP contribution is -2.36. The molecule has 0 radical (unpaired) electrons. The number of ketones is 1. The van der Waals surface area contributed by atoms with Gasteiger partial charge in [0.15, 0.2) is 5.78 Å². The van der Waals surface area contributed by atoms with Crippen molar-refractivity contribution in [3.8, 4) is 0 Å². The second kappa shape index (κ2) is 5.03. The standard InChI is InChI=1S/C15H19NO3/c1-15(2,3)19-14(18)16-12-8-9-13(17)11-7-5-4-6-10(11)12/h4-7,12H,8-9H2,1-3H3,(H,16,18)/t12-/m0/s1. The van der Waals surface area contributed by atoms with Crippen molar-refractivity contribution in [2.75, 3.05) is 0 Å². The van der Waals surface area contributed by atoms with E-state index in [-0.39, 0.29) is 11.8 Å². The second-order valence-corrected chi connectivity index (χ2v) is 5.75. The van der Waals surface area contributed by atoms with Crippen LogP contribution in [0.2, 0.25) is 0 Å². The molecule has 1 amide bonds. The van der Waals surface area contributed by atoms with Gasteiger partial charge in [-0.25, -0.2) is 4.79 Å². The third-order valence-electron chi connectivity index (χ3n) is 2.99. The maximum Gasteiger partial charge on any atom is 0.408 e. The SMILES string of the molecule is CC(C)(C)OC(=O)N[C@H]1CCC(=O)c2ccccc21. The van der Waals surface area contributed by atoms with Crippen molar-refractivity contribution in [2.24, 2.45) is 0 Å². The molecule has 1 aliphatic rings. The van der Waals surface area contributed by atoms with Crippen molar-refractivity contribution >= 4 is 11.9 Å². The third-order valence-corrected chi connectivity index (χ3v) is 2.99. The average molecular weight is 261 g/mol. The molecule has 1 aliphatic carbocycles. The van der Waals surface area contributed by atoms with Crippen LogP contribution < -0.4 is 5.32 Å². The van der Waals surface area contributed by atoms with Gasteiger partial charge in [0.05, 0.1) is 6.04 Å². The summed E-state index contributed by atoms with van der Waals surface area (Å²) in [5, 5.41) is 2.84. The molecule has 4 heteroatoms. The number of carbonyl (C=O) groups excluding carboxylic acids is 2. The van der Waals surface area contributed by atoms with Crippen LogP contribution in [0.3, 0.4) is 0 Å².